The molecule has 0 aliphatic carbocycles. The van der Waals surface area contributed by atoms with Crippen LogP contribution in [0.4, 0.5) is 4.39 Å². The topological polar surface area (TPSA) is 37.3 Å². The van der Waals surface area contributed by atoms with Gasteiger partial charge in [-0.05, 0) is 60.4 Å². The van der Waals surface area contributed by atoms with E-state index in [4.69, 9.17) is 5.11 Å². The largest absolute Gasteiger partial charge is 0.478 e. The maximum Gasteiger partial charge on any atom is 0.338 e. The van der Waals surface area contributed by atoms with E-state index in [9.17, 15) is 9.18 Å². The Kier molecular flexibility index (Phi) is 3.71. The summed E-state index contributed by atoms with van der Waals surface area (Å²) in [5.41, 5.74) is 3.32. The Bertz CT molecular complexity index is 642. The fourth-order valence-electron chi connectivity index (χ4n) is 2.21. The van der Waals surface area contributed by atoms with Crippen LogP contribution in [-0.4, -0.2) is 11.1 Å². The van der Waals surface area contributed by atoms with E-state index in [1.807, 2.05) is 26.0 Å². The summed E-state index contributed by atoms with van der Waals surface area (Å²) in [4.78, 5) is 10.8. The molecular formula is C15H12BrFO2. The van der Waals surface area contributed by atoms with E-state index in [0.29, 0.717) is 5.56 Å². The summed E-state index contributed by atoms with van der Waals surface area (Å²) in [6.45, 7) is 3.88. The molecule has 2 nitrogen and oxygen atoms in total. The lowest BCUT2D eigenvalue weighted by atomic mass is 9.95. The van der Waals surface area contributed by atoms with Gasteiger partial charge in [0.15, 0.2) is 0 Å². The Balaban J connectivity index is 2.61. The van der Waals surface area contributed by atoms with Crippen molar-refractivity contribution in [3.8, 4) is 11.1 Å². The van der Waals surface area contributed by atoms with Gasteiger partial charge < -0.3 is 5.11 Å². The van der Waals surface area contributed by atoms with Crippen LogP contribution < -0.4 is 0 Å². The fraction of sp³-hybridized carbons (Fsp3) is 0.133. The average molecular weight is 323 g/mol. The standard InChI is InChI=1S/C15H12BrFO2/c1-8-5-11(16)6-9(2)14(8)10-3-4-12(15(18)19)13(17)7-10/h3-7H,1-2H3,(H,18,19). The lowest BCUT2D eigenvalue weighted by Crippen LogP contribution is -2.00. The van der Waals surface area contributed by atoms with Crippen molar-refractivity contribution in [2.24, 2.45) is 0 Å². The molecule has 0 aromatic heterocycles. The first-order valence-electron chi connectivity index (χ1n) is 5.70. The molecule has 0 amide bonds. The van der Waals surface area contributed by atoms with E-state index in [1.165, 1.54) is 12.1 Å². The van der Waals surface area contributed by atoms with Crippen molar-refractivity contribution in [2.75, 3.05) is 0 Å². The summed E-state index contributed by atoms with van der Waals surface area (Å²) in [7, 11) is 0. The predicted octanol–water partition coefficient (Wildman–Crippen LogP) is 4.57. The number of aromatic carboxylic acids is 1. The summed E-state index contributed by atoms with van der Waals surface area (Å²) in [5.74, 6) is -1.97. The Morgan fingerprint density at radius 3 is 2.21 bits per heavy atom. The second-order valence-corrected chi connectivity index (χ2v) is 5.33. The molecule has 0 bridgehead atoms. The second-order valence-electron chi connectivity index (χ2n) is 4.41. The third-order valence-electron chi connectivity index (χ3n) is 2.99. The van der Waals surface area contributed by atoms with E-state index in [-0.39, 0.29) is 5.56 Å². The van der Waals surface area contributed by atoms with Crippen LogP contribution in [0.5, 0.6) is 0 Å². The molecule has 0 saturated heterocycles. The summed E-state index contributed by atoms with van der Waals surface area (Å²) >= 11 is 3.41. The van der Waals surface area contributed by atoms with Gasteiger partial charge in [-0.2, -0.15) is 0 Å². The minimum absolute atomic E-state index is 0.309. The maximum absolute atomic E-state index is 13.7. The first kappa shape index (κ1) is 13.7. The van der Waals surface area contributed by atoms with Crippen molar-refractivity contribution in [2.45, 2.75) is 13.8 Å². The molecule has 0 unspecified atom stereocenters. The number of rotatable bonds is 2. The van der Waals surface area contributed by atoms with Crippen LogP contribution in [0, 0.1) is 19.7 Å². The molecule has 0 aliphatic heterocycles. The molecule has 2 rings (SSSR count). The zero-order chi connectivity index (χ0) is 14.2. The van der Waals surface area contributed by atoms with Gasteiger partial charge in [-0.1, -0.05) is 22.0 Å². The molecule has 0 saturated carbocycles. The van der Waals surface area contributed by atoms with Crippen LogP contribution in [0.2, 0.25) is 0 Å². The van der Waals surface area contributed by atoms with Gasteiger partial charge in [0, 0.05) is 4.47 Å². The first-order valence-corrected chi connectivity index (χ1v) is 6.49. The molecular weight excluding hydrogens is 311 g/mol. The number of halogens is 2. The average Bonchev–Trinajstić information content (AvgIpc) is 2.26. The van der Waals surface area contributed by atoms with Gasteiger partial charge in [0.25, 0.3) is 0 Å². The smallest absolute Gasteiger partial charge is 0.338 e. The molecule has 2 aromatic carbocycles. The monoisotopic (exact) mass is 322 g/mol. The highest BCUT2D eigenvalue weighted by molar-refractivity contribution is 9.10. The number of carbonyl (C=O) groups is 1. The highest BCUT2D eigenvalue weighted by atomic mass is 79.9. The number of hydrogen-bond acceptors (Lipinski definition) is 1. The number of benzene rings is 2. The van der Waals surface area contributed by atoms with Gasteiger partial charge in [-0.25, -0.2) is 9.18 Å². The molecule has 2 aromatic rings. The minimum Gasteiger partial charge on any atom is -0.478 e. The second kappa shape index (κ2) is 5.13. The third-order valence-corrected chi connectivity index (χ3v) is 3.44. The molecule has 1 N–H and O–H groups in total. The SMILES string of the molecule is Cc1cc(Br)cc(C)c1-c1ccc(C(=O)O)c(F)c1. The molecule has 0 spiro atoms. The molecule has 0 heterocycles. The Labute approximate surface area is 119 Å². The highest BCUT2D eigenvalue weighted by Crippen LogP contribution is 2.31. The van der Waals surface area contributed by atoms with Crippen LogP contribution in [0.25, 0.3) is 11.1 Å². The van der Waals surface area contributed by atoms with E-state index in [2.05, 4.69) is 15.9 Å². The van der Waals surface area contributed by atoms with Crippen LogP contribution in [-0.2, 0) is 0 Å². The van der Waals surface area contributed by atoms with Crippen molar-refractivity contribution in [1.82, 2.24) is 0 Å². The van der Waals surface area contributed by atoms with Gasteiger partial charge in [-0.15, -0.1) is 0 Å². The Hall–Kier alpha value is -1.68. The van der Waals surface area contributed by atoms with Crippen molar-refractivity contribution in [3.05, 3.63) is 57.3 Å². The lowest BCUT2D eigenvalue weighted by Gasteiger charge is -2.11. The van der Waals surface area contributed by atoms with Crippen molar-refractivity contribution in [1.29, 1.82) is 0 Å². The van der Waals surface area contributed by atoms with E-state index >= 15 is 0 Å². The van der Waals surface area contributed by atoms with E-state index < -0.39 is 11.8 Å². The van der Waals surface area contributed by atoms with Crippen molar-refractivity contribution >= 4 is 21.9 Å². The van der Waals surface area contributed by atoms with E-state index in [0.717, 1.165) is 21.2 Å². The highest BCUT2D eigenvalue weighted by Gasteiger charge is 2.13. The Morgan fingerprint density at radius 1 is 1.16 bits per heavy atom. The summed E-state index contributed by atoms with van der Waals surface area (Å²) in [6.07, 6.45) is 0. The molecule has 98 valence electrons. The van der Waals surface area contributed by atoms with Gasteiger partial charge in [0.1, 0.15) is 5.82 Å². The van der Waals surface area contributed by atoms with E-state index in [1.54, 1.807) is 6.07 Å². The molecule has 0 atom stereocenters. The Morgan fingerprint density at radius 2 is 1.74 bits per heavy atom. The summed E-state index contributed by atoms with van der Waals surface area (Å²) in [6, 6.07) is 8.10. The normalized spacial score (nSPS) is 10.5. The lowest BCUT2D eigenvalue weighted by molar-refractivity contribution is 0.0692. The summed E-state index contributed by atoms with van der Waals surface area (Å²) < 4.78 is 14.7. The van der Waals surface area contributed by atoms with Crippen LogP contribution in [0.15, 0.2) is 34.8 Å². The number of hydrogen-bond donors (Lipinski definition) is 1. The number of aryl methyl sites for hydroxylation is 2. The molecule has 0 radical (unpaired) electrons. The summed E-state index contributed by atoms with van der Waals surface area (Å²) in [5, 5.41) is 8.83. The third kappa shape index (κ3) is 2.68. The number of carboxylic acid groups (broad SMARTS) is 1. The zero-order valence-corrected chi connectivity index (χ0v) is 12.1. The van der Waals surface area contributed by atoms with Gasteiger partial charge in [-0.3, -0.25) is 0 Å². The zero-order valence-electron chi connectivity index (χ0n) is 10.5. The quantitative estimate of drug-likeness (QED) is 0.879. The van der Waals surface area contributed by atoms with Crippen LogP contribution >= 0.6 is 15.9 Å². The van der Waals surface area contributed by atoms with Gasteiger partial charge in [0.05, 0.1) is 5.56 Å². The predicted molar refractivity (Wildman–Crippen MR) is 76.0 cm³/mol. The van der Waals surface area contributed by atoms with Gasteiger partial charge >= 0.3 is 5.97 Å². The van der Waals surface area contributed by atoms with Crippen LogP contribution in [0.1, 0.15) is 21.5 Å². The number of carboxylic acids is 1. The van der Waals surface area contributed by atoms with Gasteiger partial charge in [0.2, 0.25) is 0 Å². The molecule has 0 fully saturated rings. The maximum atomic E-state index is 13.7. The molecule has 4 heteroatoms. The van der Waals surface area contributed by atoms with Crippen molar-refractivity contribution < 1.29 is 14.3 Å². The molecule has 19 heavy (non-hydrogen) atoms. The molecule has 0 aliphatic rings. The van der Waals surface area contributed by atoms with Crippen molar-refractivity contribution in [3.63, 3.8) is 0 Å². The fourth-order valence-corrected chi connectivity index (χ4v) is 2.90. The van der Waals surface area contributed by atoms with Crippen LogP contribution in [0.3, 0.4) is 0 Å². The first-order chi connectivity index (χ1) is 8.90. The minimum atomic E-state index is -1.26.